The summed E-state index contributed by atoms with van der Waals surface area (Å²) in [5, 5.41) is 3.95. The summed E-state index contributed by atoms with van der Waals surface area (Å²) in [6.07, 6.45) is 1.86. The number of hydrogen-bond donors (Lipinski definition) is 1. The zero-order valence-corrected chi connectivity index (χ0v) is 28.5. The zero-order valence-electron chi connectivity index (χ0n) is 26.0. The van der Waals surface area contributed by atoms with Crippen molar-refractivity contribution < 1.29 is 4.55 Å². The fourth-order valence-electron chi connectivity index (χ4n) is 5.60. The third-order valence-corrected chi connectivity index (χ3v) is 13.0. The Hall–Kier alpha value is -3.31. The maximum Gasteiger partial charge on any atom is 0.136 e. The normalized spacial score (nSPS) is 13.3. The maximum absolute atomic E-state index is 13.8. The first kappa shape index (κ1) is 31.7. The van der Waals surface area contributed by atoms with Crippen LogP contribution in [0.15, 0.2) is 150 Å². The summed E-state index contributed by atoms with van der Waals surface area (Å²) in [7, 11) is -0.600. The van der Waals surface area contributed by atoms with Gasteiger partial charge in [0.05, 0.1) is 5.52 Å². The molecule has 0 fully saturated rings. The molecule has 1 N–H and O–H groups in total. The van der Waals surface area contributed by atoms with Gasteiger partial charge in [-0.05, 0) is 87.6 Å². The van der Waals surface area contributed by atoms with Crippen LogP contribution < -0.4 is 15.3 Å². The van der Waals surface area contributed by atoms with E-state index in [0.29, 0.717) is 0 Å². The Labute approximate surface area is 276 Å². The number of hydrogen-bond acceptors (Lipinski definition) is 3. The number of para-hydroxylation sites is 1. The van der Waals surface area contributed by atoms with Crippen LogP contribution in [0.1, 0.15) is 43.6 Å². The molecule has 1 heterocycles. The van der Waals surface area contributed by atoms with E-state index in [2.05, 4.69) is 148 Å². The molecule has 6 heteroatoms. The van der Waals surface area contributed by atoms with Crippen LogP contribution in [0.25, 0.3) is 10.9 Å². The maximum atomic E-state index is 13.8. The Morgan fingerprint density at radius 2 is 1.22 bits per heavy atom. The average molecular weight is 647 g/mol. The van der Waals surface area contributed by atoms with Crippen LogP contribution in [-0.2, 0) is 17.8 Å². The molecule has 0 aliphatic rings. The Bertz CT molecular complexity index is 1770. The second-order valence-corrected chi connectivity index (χ2v) is 17.3. The Morgan fingerprint density at radius 3 is 1.80 bits per heavy atom. The van der Waals surface area contributed by atoms with Crippen molar-refractivity contribution in [3.63, 3.8) is 0 Å². The molecule has 2 atom stereocenters. The van der Waals surface area contributed by atoms with E-state index < -0.39 is 24.0 Å². The summed E-state index contributed by atoms with van der Waals surface area (Å²) < 4.78 is 19.4. The van der Waals surface area contributed by atoms with Crippen molar-refractivity contribution in [3.05, 3.63) is 162 Å². The molecule has 0 bridgehead atoms. The standard InChI is InChI=1S/C39H39N2OPS2/c1-39(2,3)45(42)40-38(30-18-8-4-9-19-30)37-34-26-16-17-27-35(34)41(44-33-24-14-7-15-25-33)36(37)28-29-43(31-20-10-5-11-21-31)32-22-12-6-13-23-32/h4-27,38,40H,28-29H2,1-3H3/t38-,45?/m0/s1. The summed E-state index contributed by atoms with van der Waals surface area (Å²) in [5.74, 6) is 0. The van der Waals surface area contributed by atoms with Gasteiger partial charge in [-0.3, -0.25) is 3.97 Å². The van der Waals surface area contributed by atoms with Crippen LogP contribution in [0.2, 0.25) is 0 Å². The third kappa shape index (κ3) is 7.41. The molecule has 0 saturated carbocycles. The molecule has 0 amide bonds. The lowest BCUT2D eigenvalue weighted by Gasteiger charge is -2.29. The lowest BCUT2D eigenvalue weighted by atomic mass is 9.96. The number of aromatic nitrogens is 1. The van der Waals surface area contributed by atoms with Gasteiger partial charge in [0.2, 0.25) is 0 Å². The summed E-state index contributed by atoms with van der Waals surface area (Å²) >= 11 is 0.483. The molecular weight excluding hydrogens is 608 g/mol. The quantitative estimate of drug-likeness (QED) is 0.113. The molecule has 1 unspecified atom stereocenters. The number of fused-ring (bicyclic) bond motifs is 1. The molecule has 3 nitrogen and oxygen atoms in total. The molecule has 0 saturated heterocycles. The molecule has 0 aliphatic heterocycles. The summed E-state index contributed by atoms with van der Waals surface area (Å²) in [5.41, 5.74) is 4.74. The first-order chi connectivity index (χ1) is 21.9. The zero-order chi connectivity index (χ0) is 31.2. The highest BCUT2D eigenvalue weighted by atomic mass is 32.2. The van der Waals surface area contributed by atoms with Crippen molar-refractivity contribution in [2.45, 2.75) is 42.9 Å². The molecule has 1 aromatic heterocycles. The third-order valence-electron chi connectivity index (χ3n) is 7.82. The molecule has 6 aromatic rings. The lowest BCUT2D eigenvalue weighted by molar-refractivity contribution is 0.535. The molecular formula is C39H39N2OPS2. The highest BCUT2D eigenvalue weighted by molar-refractivity contribution is 7.98. The van der Waals surface area contributed by atoms with Crippen molar-refractivity contribution in [1.82, 2.24) is 8.69 Å². The van der Waals surface area contributed by atoms with Gasteiger partial charge in [-0.1, -0.05) is 127 Å². The summed E-state index contributed by atoms with van der Waals surface area (Å²) in [6, 6.07) is 51.4. The van der Waals surface area contributed by atoms with Crippen molar-refractivity contribution in [2.24, 2.45) is 0 Å². The molecule has 0 spiro atoms. The van der Waals surface area contributed by atoms with Gasteiger partial charge >= 0.3 is 0 Å². The minimum absolute atomic E-state index is 0.247. The Balaban J connectivity index is 1.53. The number of benzene rings is 5. The van der Waals surface area contributed by atoms with Crippen LogP contribution in [0.3, 0.4) is 0 Å². The van der Waals surface area contributed by atoms with Crippen LogP contribution in [0, 0.1) is 0 Å². The molecule has 5 aromatic carbocycles. The highest BCUT2D eigenvalue weighted by Crippen LogP contribution is 2.42. The van der Waals surface area contributed by atoms with Gasteiger partial charge in [0.1, 0.15) is 10.8 Å². The van der Waals surface area contributed by atoms with E-state index in [4.69, 9.17) is 0 Å². The molecule has 0 radical (unpaired) electrons. The number of nitrogens with one attached hydrogen (secondary N) is 1. The van der Waals surface area contributed by atoms with Crippen LogP contribution >= 0.6 is 19.9 Å². The first-order valence-electron chi connectivity index (χ1n) is 15.4. The van der Waals surface area contributed by atoms with Gasteiger partial charge in [0, 0.05) is 32.9 Å². The fraction of sp³-hybridized carbons (Fsp3) is 0.179. The van der Waals surface area contributed by atoms with Crippen LogP contribution in [0.4, 0.5) is 0 Å². The number of nitrogens with zero attached hydrogens (tertiary/aromatic N) is 1. The highest BCUT2D eigenvalue weighted by Gasteiger charge is 2.34. The minimum Gasteiger partial charge on any atom is -0.598 e. The van der Waals surface area contributed by atoms with Gasteiger partial charge in [0.25, 0.3) is 0 Å². The van der Waals surface area contributed by atoms with E-state index in [1.807, 2.05) is 26.8 Å². The topological polar surface area (TPSA) is 40.0 Å². The Kier molecular flexibility index (Phi) is 10.1. The van der Waals surface area contributed by atoms with Crippen LogP contribution in [0.5, 0.6) is 0 Å². The molecule has 45 heavy (non-hydrogen) atoms. The van der Waals surface area contributed by atoms with Gasteiger partial charge in [0.15, 0.2) is 0 Å². The van der Waals surface area contributed by atoms with E-state index in [0.717, 1.165) is 18.1 Å². The van der Waals surface area contributed by atoms with E-state index in [9.17, 15) is 4.55 Å². The van der Waals surface area contributed by atoms with Gasteiger partial charge in [-0.15, -0.1) is 4.72 Å². The summed E-state index contributed by atoms with van der Waals surface area (Å²) in [6.45, 7) is 6.08. The van der Waals surface area contributed by atoms with Crippen molar-refractivity contribution in [1.29, 1.82) is 0 Å². The molecule has 0 aliphatic carbocycles. The molecule has 6 rings (SSSR count). The van der Waals surface area contributed by atoms with E-state index >= 15 is 0 Å². The van der Waals surface area contributed by atoms with Gasteiger partial charge < -0.3 is 4.55 Å². The van der Waals surface area contributed by atoms with E-state index in [1.54, 1.807) is 11.9 Å². The van der Waals surface area contributed by atoms with Gasteiger partial charge in [-0.25, -0.2) is 0 Å². The second kappa shape index (κ2) is 14.4. The van der Waals surface area contributed by atoms with E-state index in [-0.39, 0.29) is 6.04 Å². The Morgan fingerprint density at radius 1 is 0.711 bits per heavy atom. The van der Waals surface area contributed by atoms with E-state index in [1.165, 1.54) is 37.7 Å². The predicted molar refractivity (Wildman–Crippen MR) is 197 cm³/mol. The van der Waals surface area contributed by atoms with Crippen molar-refractivity contribution in [3.8, 4) is 0 Å². The first-order valence-corrected chi connectivity index (χ1v) is 18.8. The average Bonchev–Trinajstić information content (AvgIpc) is 3.37. The lowest BCUT2D eigenvalue weighted by Crippen LogP contribution is -2.41. The van der Waals surface area contributed by atoms with Crippen LogP contribution in [-0.4, -0.2) is 19.4 Å². The fourth-order valence-corrected chi connectivity index (χ4v) is 9.78. The molecule has 228 valence electrons. The van der Waals surface area contributed by atoms with Gasteiger partial charge in [-0.2, -0.15) is 0 Å². The van der Waals surface area contributed by atoms with Crippen molar-refractivity contribution in [2.75, 3.05) is 6.16 Å². The second-order valence-electron chi connectivity index (χ2n) is 12.0. The van der Waals surface area contributed by atoms with Crippen molar-refractivity contribution >= 4 is 52.7 Å². The SMILES string of the molecule is CC(C)(C)[S+]([O-])N[C@@H](c1ccccc1)c1c(CCP(c2ccccc2)c2ccccc2)n(Sc2ccccc2)c2ccccc12. The minimum atomic E-state index is -1.28. The predicted octanol–water partition coefficient (Wildman–Crippen LogP) is 9.01. The number of rotatable bonds is 11. The smallest absolute Gasteiger partial charge is 0.136 e. The monoisotopic (exact) mass is 646 g/mol. The summed E-state index contributed by atoms with van der Waals surface area (Å²) in [4.78, 5) is 1.18. The largest absolute Gasteiger partial charge is 0.598 e.